The highest BCUT2D eigenvalue weighted by Crippen LogP contribution is 1.89. The summed E-state index contributed by atoms with van der Waals surface area (Å²) in [6, 6.07) is -3.42. The predicted molar refractivity (Wildman–Crippen MR) is 58.3 cm³/mol. The Labute approximate surface area is 107 Å². The van der Waals surface area contributed by atoms with Crippen LogP contribution in [-0.2, 0) is 0 Å². The third-order valence-electron chi connectivity index (χ3n) is 1.45. The number of rotatable bonds is 11. The van der Waals surface area contributed by atoms with Gasteiger partial charge in [-0.1, -0.05) is 13.7 Å². The summed E-state index contributed by atoms with van der Waals surface area (Å²) in [5, 5.41) is 9.01. The molecule has 0 aromatic heterocycles. The van der Waals surface area contributed by atoms with Crippen molar-refractivity contribution in [2.75, 3.05) is 26.3 Å². The van der Waals surface area contributed by atoms with E-state index in [0.29, 0.717) is 10.6 Å². The second-order valence-electron chi connectivity index (χ2n) is 2.47. The standard InChI is InChI=1S/C10H24N2O2/c1-3-9(7-13)11-5-6-12-10(4-2)8-14/h9-14H,3-8H2,1-2H3/t9-,10-/m0/s1/i1D3,2D3,3D2,4D2,13D,14D/hD2. The van der Waals surface area contributed by atoms with Crippen LogP contribution in [0.4, 0.5) is 0 Å². The Hall–Kier alpha value is -0.160. The first-order chi connectivity index (χ1) is 12.4. The summed E-state index contributed by atoms with van der Waals surface area (Å²) in [5.74, 6) is 0. The van der Waals surface area contributed by atoms with E-state index >= 15 is 0 Å². The van der Waals surface area contributed by atoms with Gasteiger partial charge < -0.3 is 20.8 Å². The Morgan fingerprint density at radius 1 is 1.21 bits per heavy atom. The van der Waals surface area contributed by atoms with Gasteiger partial charge in [0.2, 0.25) is 2.86 Å². The molecule has 4 N–H and O–H groups in total. The molecule has 0 heterocycles. The molecular formula is C10H24N2O2. The monoisotopic (exact) mass is 218 g/mol. The molecule has 4 heteroatoms. The van der Waals surface area contributed by atoms with Crippen molar-refractivity contribution in [1.29, 1.82) is 2.86 Å². The van der Waals surface area contributed by atoms with Crippen LogP contribution in [0.1, 0.15) is 40.2 Å². The molecule has 0 saturated carbocycles. The molecule has 86 valence electrons. The van der Waals surface area contributed by atoms with Crippen LogP contribution < -0.4 is 10.6 Å². The minimum Gasteiger partial charge on any atom is -0.395 e. The van der Waals surface area contributed by atoms with E-state index in [9.17, 15) is 0 Å². The van der Waals surface area contributed by atoms with Gasteiger partial charge in [0, 0.05) is 38.9 Å². The first-order valence-corrected chi connectivity index (χ1v) is 4.12. The Morgan fingerprint density at radius 2 is 1.71 bits per heavy atom. The quantitative estimate of drug-likeness (QED) is 0.385. The molecule has 0 saturated heterocycles. The first-order valence-electron chi connectivity index (χ1n) is 10.8. The molecule has 4 nitrogen and oxygen atoms in total. The van der Waals surface area contributed by atoms with E-state index in [2.05, 4.69) is 10.2 Å². The minimum absolute atomic E-state index is 0.450. The molecule has 0 aromatic carbocycles. The second kappa shape index (κ2) is 9.40. The molecule has 0 radical (unpaired) electrons. The van der Waals surface area contributed by atoms with Gasteiger partial charge in [0.05, 0.1) is 13.2 Å². The van der Waals surface area contributed by atoms with Crippen LogP contribution >= 0.6 is 0 Å². The molecule has 2 atom stereocenters. The Bertz CT molecular complexity index is 428. The summed E-state index contributed by atoms with van der Waals surface area (Å²) in [6.07, 6.45) is -5.86. The fourth-order valence-corrected chi connectivity index (χ4v) is 0.707. The Kier molecular flexibility index (Phi) is 2.13. The number of hydrogen-bond donors (Lipinski definition) is 4. The van der Waals surface area contributed by atoms with Crippen molar-refractivity contribution < 1.29 is 26.7 Å². The Balaban J connectivity index is 5.34. The first kappa shape index (κ1) is 3.17. The van der Waals surface area contributed by atoms with Gasteiger partial charge >= 0.3 is 0 Å². The minimum atomic E-state index is -3.13. The van der Waals surface area contributed by atoms with Gasteiger partial charge in [-0.15, -0.1) is 0 Å². The topological polar surface area (TPSA) is 64.5 Å². The van der Waals surface area contributed by atoms with Crippen LogP contribution in [-0.4, -0.2) is 51.5 Å². The van der Waals surface area contributed by atoms with E-state index < -0.39 is 64.8 Å². The van der Waals surface area contributed by atoms with Crippen LogP contribution in [0.15, 0.2) is 0 Å². The van der Waals surface area contributed by atoms with Crippen molar-refractivity contribution in [3.63, 3.8) is 0 Å². The third-order valence-corrected chi connectivity index (χ3v) is 1.45. The molecule has 0 amide bonds. The lowest BCUT2D eigenvalue weighted by Crippen LogP contribution is -2.40. The zero-order valence-corrected chi connectivity index (χ0v) is 7.69. The molecule has 0 spiro atoms. The fraction of sp³-hybridized carbons (Fsp3) is 1.00. The highest BCUT2D eigenvalue weighted by Gasteiger charge is 2.04. The molecule has 0 aliphatic carbocycles. The van der Waals surface area contributed by atoms with Crippen LogP contribution in [0, 0.1) is 0 Å². The maximum Gasteiger partial charge on any atom is 0.210 e. The van der Waals surface area contributed by atoms with Crippen LogP contribution in [0.5, 0.6) is 0 Å². The number of hydrogen-bond acceptors (Lipinski definition) is 4. The van der Waals surface area contributed by atoms with Gasteiger partial charge in [0.25, 0.3) is 0 Å². The van der Waals surface area contributed by atoms with E-state index in [-0.39, 0.29) is 0 Å². The summed E-state index contributed by atoms with van der Waals surface area (Å²) < 4.78 is 104. The number of aliphatic hydroxyl groups excluding tert-OH is 2. The van der Waals surface area contributed by atoms with Crippen molar-refractivity contribution >= 4 is 0 Å². The van der Waals surface area contributed by atoms with Gasteiger partial charge in [-0.2, -0.15) is 0 Å². The normalized spacial score (nSPS) is 34.4. The van der Waals surface area contributed by atoms with Crippen LogP contribution in [0.25, 0.3) is 0 Å². The lowest BCUT2D eigenvalue weighted by atomic mass is 10.2. The second-order valence-corrected chi connectivity index (χ2v) is 2.47. The van der Waals surface area contributed by atoms with Gasteiger partial charge in [0.1, 0.15) is 2.82 Å². The SMILES string of the molecule is [2H]OC[C@@H](N([2H])CCN([2H])[C@H](CO[2H])C([2H])([2H])C([2H])([2H])[2H])C([2H])([2H])C([2H])([2H])[2H]. The molecule has 0 rings (SSSR count). The zero-order chi connectivity index (χ0) is 22.6. The number of aliphatic hydroxyl groups is 2. The van der Waals surface area contributed by atoms with Crippen molar-refractivity contribution in [1.82, 2.24) is 10.6 Å². The van der Waals surface area contributed by atoms with Gasteiger partial charge in [-0.25, -0.2) is 0 Å². The third kappa shape index (κ3) is 6.32. The molecular weight excluding hydrogens is 180 g/mol. The van der Waals surface area contributed by atoms with E-state index in [1.807, 2.05) is 0 Å². The maximum atomic E-state index is 7.88. The van der Waals surface area contributed by atoms with Gasteiger partial charge in [-0.05, 0) is 12.7 Å². The van der Waals surface area contributed by atoms with Crippen LogP contribution in [0.3, 0.4) is 0 Å². The molecule has 0 aliphatic heterocycles. The molecule has 14 heavy (non-hydrogen) atoms. The van der Waals surface area contributed by atoms with Crippen molar-refractivity contribution in [2.24, 2.45) is 0 Å². The Morgan fingerprint density at radius 3 is 2.07 bits per heavy atom. The molecule has 0 aliphatic rings. The maximum absolute atomic E-state index is 7.88. The lowest BCUT2D eigenvalue weighted by molar-refractivity contribution is 0.229. The summed E-state index contributed by atoms with van der Waals surface area (Å²) in [5.41, 5.74) is 0. The average Bonchev–Trinajstić information content (AvgIpc) is 2.52. The molecule has 0 aromatic rings. The summed E-state index contributed by atoms with van der Waals surface area (Å²) in [4.78, 5) is 0. The van der Waals surface area contributed by atoms with Crippen molar-refractivity contribution in [2.45, 2.75) is 38.5 Å². The fourth-order valence-electron chi connectivity index (χ4n) is 0.707. The van der Waals surface area contributed by atoms with E-state index in [4.69, 9.17) is 19.4 Å². The van der Waals surface area contributed by atoms with Gasteiger partial charge in [0.15, 0.2) is 0 Å². The van der Waals surface area contributed by atoms with Crippen molar-refractivity contribution in [3.05, 3.63) is 0 Å². The van der Waals surface area contributed by atoms with Crippen LogP contribution in [0.2, 0.25) is 2.82 Å². The zero-order valence-electron chi connectivity index (χ0n) is 21.7. The smallest absolute Gasteiger partial charge is 0.210 e. The molecule has 0 fully saturated rings. The summed E-state index contributed by atoms with van der Waals surface area (Å²) >= 11 is 0. The predicted octanol–water partition coefficient (Wildman–Crippen LogP) is -0.293. The van der Waals surface area contributed by atoms with E-state index in [1.165, 1.54) is 0 Å². The summed E-state index contributed by atoms with van der Waals surface area (Å²) in [7, 11) is 0. The molecule has 0 bridgehead atoms. The van der Waals surface area contributed by atoms with E-state index in [1.54, 1.807) is 0 Å². The van der Waals surface area contributed by atoms with Gasteiger partial charge in [-0.3, -0.25) is 0 Å². The average molecular weight is 218 g/mol. The summed E-state index contributed by atoms with van der Waals surface area (Å²) in [6.45, 7) is -8.78. The van der Waals surface area contributed by atoms with E-state index in [0.717, 1.165) is 0 Å². The highest BCUT2D eigenvalue weighted by molar-refractivity contribution is 4.67. The largest absolute Gasteiger partial charge is 0.395 e. The molecule has 0 unspecified atom stereocenters. The lowest BCUT2D eigenvalue weighted by Gasteiger charge is -2.17. The van der Waals surface area contributed by atoms with Crippen molar-refractivity contribution in [3.8, 4) is 0 Å². The highest BCUT2D eigenvalue weighted by atomic mass is 16.3. The number of nitrogens with one attached hydrogen (secondary N) is 2.